The molecule has 7 heteroatoms. The van der Waals surface area contributed by atoms with Gasteiger partial charge in [-0.1, -0.05) is 0 Å². The molecule has 0 saturated carbocycles. The predicted octanol–water partition coefficient (Wildman–Crippen LogP) is 3.43. The van der Waals surface area contributed by atoms with Crippen molar-refractivity contribution < 1.29 is 13.9 Å². The monoisotopic (exact) mass is 372 g/mol. The molecule has 0 radical (unpaired) electrons. The molecule has 0 aliphatic carbocycles. The maximum Gasteiger partial charge on any atom is 0.237 e. The first-order valence-corrected chi connectivity index (χ1v) is 8.99. The molecule has 1 heterocycles. The second-order valence-corrected chi connectivity index (χ2v) is 6.56. The van der Waals surface area contributed by atoms with Gasteiger partial charge in [-0.25, -0.2) is 0 Å². The van der Waals surface area contributed by atoms with E-state index in [9.17, 15) is 4.79 Å². The van der Waals surface area contributed by atoms with Crippen LogP contribution >= 0.6 is 24.2 Å². The molecule has 2 rings (SSSR count). The number of nitrogens with one attached hydrogen (secondary N) is 1. The maximum absolute atomic E-state index is 12.2. The molecule has 134 valence electrons. The molecule has 0 saturated heterocycles. The summed E-state index contributed by atoms with van der Waals surface area (Å²) in [5, 5.41) is 3.93. The van der Waals surface area contributed by atoms with E-state index >= 15 is 0 Å². The summed E-state index contributed by atoms with van der Waals surface area (Å²) < 4.78 is 11.2. The van der Waals surface area contributed by atoms with E-state index in [-0.39, 0.29) is 24.4 Å². The summed E-state index contributed by atoms with van der Waals surface area (Å²) in [7, 11) is 1.64. The van der Waals surface area contributed by atoms with Crippen LogP contribution in [0.15, 0.2) is 22.6 Å². The Morgan fingerprint density at radius 3 is 2.79 bits per heavy atom. The van der Waals surface area contributed by atoms with Crippen molar-refractivity contribution in [3.8, 4) is 5.75 Å². The second-order valence-electron chi connectivity index (χ2n) is 5.57. The largest absolute Gasteiger partial charge is 0.497 e. The number of carbonyl (C=O) groups is 1. The highest BCUT2D eigenvalue weighted by Crippen LogP contribution is 2.31. The second kappa shape index (κ2) is 9.20. The highest BCUT2D eigenvalue weighted by Gasteiger charge is 2.21. The van der Waals surface area contributed by atoms with Crippen LogP contribution in [0.1, 0.15) is 30.7 Å². The Labute approximate surface area is 153 Å². The molecule has 1 unspecified atom stereocenters. The standard InChI is InChI=1S/C17H24N2O3S.ClH/c1-10-13-9-12(21-3)5-6-15(13)22-16(10)11(2)19-17(20)14(18)7-8-23-4;/h5-6,9,11,14H,7-8,18H2,1-4H3,(H,19,20);1H/t11?,14-;/m0./s1. The summed E-state index contributed by atoms with van der Waals surface area (Å²) in [6, 6.07) is 4.95. The Hall–Kier alpha value is -1.37. The number of furan rings is 1. The first-order valence-electron chi connectivity index (χ1n) is 7.59. The number of thioether (sulfide) groups is 1. The third kappa shape index (κ3) is 4.59. The van der Waals surface area contributed by atoms with Gasteiger partial charge >= 0.3 is 0 Å². The van der Waals surface area contributed by atoms with Crippen molar-refractivity contribution >= 4 is 41.0 Å². The van der Waals surface area contributed by atoms with Gasteiger partial charge in [-0.15, -0.1) is 12.4 Å². The van der Waals surface area contributed by atoms with Gasteiger partial charge in [0, 0.05) is 10.9 Å². The number of ether oxygens (including phenoxy) is 1. The minimum atomic E-state index is -0.491. The van der Waals surface area contributed by atoms with Crippen LogP contribution in [0.25, 0.3) is 11.0 Å². The minimum Gasteiger partial charge on any atom is -0.497 e. The number of rotatable bonds is 7. The van der Waals surface area contributed by atoms with E-state index in [0.717, 1.165) is 33.8 Å². The number of fused-ring (bicyclic) bond motifs is 1. The molecule has 2 aromatic rings. The Kier molecular flexibility index (Phi) is 7.93. The number of carbonyl (C=O) groups excluding carboxylic acids is 1. The van der Waals surface area contributed by atoms with Gasteiger partial charge in [0.15, 0.2) is 0 Å². The summed E-state index contributed by atoms with van der Waals surface area (Å²) in [5.41, 5.74) is 7.70. The zero-order valence-electron chi connectivity index (χ0n) is 14.4. The number of halogens is 1. The number of hydrogen-bond acceptors (Lipinski definition) is 5. The van der Waals surface area contributed by atoms with E-state index in [0.29, 0.717) is 6.42 Å². The lowest BCUT2D eigenvalue weighted by Crippen LogP contribution is -2.42. The van der Waals surface area contributed by atoms with Crippen LogP contribution < -0.4 is 15.8 Å². The van der Waals surface area contributed by atoms with E-state index < -0.39 is 6.04 Å². The first kappa shape index (κ1) is 20.7. The van der Waals surface area contributed by atoms with E-state index in [2.05, 4.69) is 5.32 Å². The fourth-order valence-electron chi connectivity index (χ4n) is 2.52. The Bertz CT molecular complexity index is 690. The zero-order valence-corrected chi connectivity index (χ0v) is 16.1. The van der Waals surface area contributed by atoms with E-state index in [1.54, 1.807) is 18.9 Å². The molecule has 0 aliphatic heterocycles. The van der Waals surface area contributed by atoms with Gasteiger partial charge in [0.1, 0.15) is 17.1 Å². The van der Waals surface area contributed by atoms with Crippen molar-refractivity contribution in [3.05, 3.63) is 29.5 Å². The summed E-state index contributed by atoms with van der Waals surface area (Å²) >= 11 is 1.68. The molecule has 24 heavy (non-hydrogen) atoms. The number of benzene rings is 1. The van der Waals surface area contributed by atoms with Crippen LogP contribution in [0.4, 0.5) is 0 Å². The molecule has 1 aromatic heterocycles. The molecule has 1 aromatic carbocycles. The summed E-state index contributed by atoms with van der Waals surface area (Å²) in [6.07, 6.45) is 2.66. The van der Waals surface area contributed by atoms with E-state index in [1.165, 1.54) is 0 Å². The Balaban J connectivity index is 0.00000288. The highest BCUT2D eigenvalue weighted by atomic mass is 35.5. The van der Waals surface area contributed by atoms with E-state index in [1.807, 2.05) is 38.3 Å². The number of aryl methyl sites for hydroxylation is 1. The molecular formula is C17H25ClN2O3S. The lowest BCUT2D eigenvalue weighted by molar-refractivity contribution is -0.123. The number of methoxy groups -OCH3 is 1. The van der Waals surface area contributed by atoms with Crippen LogP contribution in [0, 0.1) is 6.92 Å². The summed E-state index contributed by atoms with van der Waals surface area (Å²) in [6.45, 7) is 3.89. The molecule has 0 aliphatic rings. The van der Waals surface area contributed by atoms with Gasteiger partial charge in [0.25, 0.3) is 0 Å². The Morgan fingerprint density at radius 2 is 2.17 bits per heavy atom. The number of nitrogens with two attached hydrogens (primary N) is 1. The quantitative estimate of drug-likeness (QED) is 0.778. The molecule has 0 bridgehead atoms. The molecule has 3 N–H and O–H groups in total. The van der Waals surface area contributed by atoms with Gasteiger partial charge in [-0.3, -0.25) is 4.79 Å². The summed E-state index contributed by atoms with van der Waals surface area (Å²) in [4.78, 5) is 12.2. The molecular weight excluding hydrogens is 348 g/mol. The van der Waals surface area contributed by atoms with E-state index in [4.69, 9.17) is 14.9 Å². The van der Waals surface area contributed by atoms with Crippen molar-refractivity contribution in [1.82, 2.24) is 5.32 Å². The molecule has 0 spiro atoms. The number of hydrogen-bond donors (Lipinski definition) is 2. The van der Waals surface area contributed by atoms with Crippen LogP contribution in [0.5, 0.6) is 5.75 Å². The minimum absolute atomic E-state index is 0. The lowest BCUT2D eigenvalue weighted by atomic mass is 10.1. The average molecular weight is 373 g/mol. The van der Waals surface area contributed by atoms with Crippen molar-refractivity contribution in [2.45, 2.75) is 32.4 Å². The first-order chi connectivity index (χ1) is 11.0. The number of amides is 1. The fraction of sp³-hybridized carbons (Fsp3) is 0.471. The lowest BCUT2D eigenvalue weighted by Gasteiger charge is -2.16. The normalized spacial score (nSPS) is 13.2. The summed E-state index contributed by atoms with van der Waals surface area (Å²) in [5.74, 6) is 2.25. The van der Waals surface area contributed by atoms with Gasteiger partial charge in [0.2, 0.25) is 5.91 Å². The average Bonchev–Trinajstić information content (AvgIpc) is 2.88. The molecule has 2 atom stereocenters. The third-order valence-corrected chi connectivity index (χ3v) is 4.55. The topological polar surface area (TPSA) is 77.5 Å². The zero-order chi connectivity index (χ0) is 17.0. The van der Waals surface area contributed by atoms with Crippen molar-refractivity contribution in [1.29, 1.82) is 0 Å². The van der Waals surface area contributed by atoms with Gasteiger partial charge in [0.05, 0.1) is 19.2 Å². The third-order valence-electron chi connectivity index (χ3n) is 3.90. The molecule has 0 fully saturated rings. The maximum atomic E-state index is 12.2. The molecule has 1 amide bonds. The van der Waals surface area contributed by atoms with Crippen LogP contribution in [0.3, 0.4) is 0 Å². The fourth-order valence-corrected chi connectivity index (χ4v) is 3.01. The smallest absolute Gasteiger partial charge is 0.237 e. The Morgan fingerprint density at radius 1 is 1.46 bits per heavy atom. The van der Waals surface area contributed by atoms with Crippen LogP contribution in [-0.2, 0) is 4.79 Å². The van der Waals surface area contributed by atoms with Crippen LogP contribution in [-0.4, -0.2) is 31.1 Å². The van der Waals surface area contributed by atoms with Crippen molar-refractivity contribution in [3.63, 3.8) is 0 Å². The van der Waals surface area contributed by atoms with Crippen molar-refractivity contribution in [2.24, 2.45) is 5.73 Å². The SMILES string of the molecule is COc1ccc2oc(C(C)NC(=O)[C@@H](N)CCSC)c(C)c2c1.Cl. The van der Waals surface area contributed by atoms with Gasteiger partial charge in [-0.2, -0.15) is 11.8 Å². The van der Waals surface area contributed by atoms with Crippen LogP contribution in [0.2, 0.25) is 0 Å². The van der Waals surface area contributed by atoms with Gasteiger partial charge < -0.3 is 20.2 Å². The van der Waals surface area contributed by atoms with Gasteiger partial charge in [-0.05, 0) is 50.5 Å². The van der Waals surface area contributed by atoms with Crippen molar-refractivity contribution in [2.75, 3.05) is 19.1 Å². The molecule has 5 nitrogen and oxygen atoms in total. The predicted molar refractivity (Wildman–Crippen MR) is 102 cm³/mol. The highest BCUT2D eigenvalue weighted by molar-refractivity contribution is 7.98.